The van der Waals surface area contributed by atoms with Gasteiger partial charge in [0.25, 0.3) is 11.8 Å². The average Bonchev–Trinajstić information content (AvgIpc) is 2.80. The van der Waals surface area contributed by atoms with Crippen LogP contribution in [0.25, 0.3) is 0 Å². The van der Waals surface area contributed by atoms with E-state index in [-0.39, 0.29) is 0 Å². The molecule has 122 valence electrons. The van der Waals surface area contributed by atoms with Crippen molar-refractivity contribution in [1.82, 2.24) is 15.8 Å². The molecule has 2 aromatic carbocycles. The zero-order chi connectivity index (χ0) is 17.3. The normalized spacial score (nSPS) is 20.0. The Balaban J connectivity index is 1.85. The van der Waals surface area contributed by atoms with Gasteiger partial charge in [-0.25, -0.2) is 4.79 Å². The molecule has 0 aliphatic carbocycles. The fraction of sp³-hybridized carbons (Fsp3) is 0.118. The van der Waals surface area contributed by atoms with Crippen molar-refractivity contribution in [2.45, 2.75) is 12.5 Å². The van der Waals surface area contributed by atoms with Crippen LogP contribution < -0.4 is 10.7 Å². The van der Waals surface area contributed by atoms with Crippen molar-refractivity contribution in [2.75, 3.05) is 0 Å². The maximum atomic E-state index is 12.7. The van der Waals surface area contributed by atoms with Crippen molar-refractivity contribution in [3.63, 3.8) is 0 Å². The molecule has 6 nitrogen and oxygen atoms in total. The molecule has 0 aromatic heterocycles. The van der Waals surface area contributed by atoms with E-state index in [4.69, 9.17) is 0 Å². The van der Waals surface area contributed by atoms with E-state index in [2.05, 4.69) is 26.7 Å². The molecule has 0 unspecified atom stereocenters. The van der Waals surface area contributed by atoms with Gasteiger partial charge in [0.1, 0.15) is 5.54 Å². The number of hydrazine groups is 1. The highest BCUT2D eigenvalue weighted by Gasteiger charge is 2.50. The molecule has 0 bridgehead atoms. The molecule has 0 spiro atoms. The first kappa shape index (κ1) is 16.2. The lowest BCUT2D eigenvalue weighted by molar-refractivity contribution is -0.132. The van der Waals surface area contributed by atoms with Crippen LogP contribution in [0.2, 0.25) is 0 Å². The first-order valence-electron chi connectivity index (χ1n) is 7.21. The molecule has 3 rings (SSSR count). The summed E-state index contributed by atoms with van der Waals surface area (Å²) in [6, 6.07) is 15.0. The molecule has 4 amide bonds. The molecule has 2 N–H and O–H groups in total. The second kappa shape index (κ2) is 6.09. The molecule has 1 atom stereocenters. The van der Waals surface area contributed by atoms with E-state index in [9.17, 15) is 14.4 Å². The Morgan fingerprint density at radius 2 is 1.71 bits per heavy atom. The number of imide groups is 1. The number of amides is 4. The zero-order valence-electron chi connectivity index (χ0n) is 12.7. The van der Waals surface area contributed by atoms with E-state index in [1.165, 1.54) is 0 Å². The molecule has 7 heteroatoms. The van der Waals surface area contributed by atoms with Gasteiger partial charge in [-0.05, 0) is 40.5 Å². The van der Waals surface area contributed by atoms with Crippen LogP contribution in [0.5, 0.6) is 0 Å². The minimum atomic E-state index is -1.22. The molecular formula is C17H14BrN3O3. The monoisotopic (exact) mass is 387 g/mol. The van der Waals surface area contributed by atoms with Gasteiger partial charge in [-0.3, -0.25) is 15.0 Å². The Morgan fingerprint density at radius 3 is 2.38 bits per heavy atom. The van der Waals surface area contributed by atoms with Crippen molar-refractivity contribution in [3.05, 3.63) is 70.2 Å². The third-order valence-corrected chi connectivity index (χ3v) is 4.57. The summed E-state index contributed by atoms with van der Waals surface area (Å²) in [5, 5.41) is 3.35. The summed E-state index contributed by atoms with van der Waals surface area (Å²) in [5.74, 6) is -1.10. The predicted molar refractivity (Wildman–Crippen MR) is 90.8 cm³/mol. The van der Waals surface area contributed by atoms with Gasteiger partial charge >= 0.3 is 6.03 Å². The van der Waals surface area contributed by atoms with Crippen LogP contribution in [0.3, 0.4) is 0 Å². The van der Waals surface area contributed by atoms with E-state index >= 15 is 0 Å². The number of carbonyl (C=O) groups excluding carboxylic acids is 3. The van der Waals surface area contributed by atoms with Crippen LogP contribution in [-0.2, 0) is 10.3 Å². The summed E-state index contributed by atoms with van der Waals surface area (Å²) >= 11 is 3.27. The fourth-order valence-corrected chi connectivity index (χ4v) is 2.98. The predicted octanol–water partition coefficient (Wildman–Crippen LogP) is 2.56. The topological polar surface area (TPSA) is 78.5 Å². The first-order chi connectivity index (χ1) is 11.4. The van der Waals surface area contributed by atoms with E-state index in [1.807, 2.05) is 6.07 Å². The van der Waals surface area contributed by atoms with E-state index in [0.717, 1.165) is 5.01 Å². The van der Waals surface area contributed by atoms with Crippen LogP contribution in [0.4, 0.5) is 4.79 Å². The molecule has 0 saturated carbocycles. The summed E-state index contributed by atoms with van der Waals surface area (Å²) in [4.78, 5) is 37.2. The number of hydrogen-bond donors (Lipinski definition) is 2. The quantitative estimate of drug-likeness (QED) is 0.794. The van der Waals surface area contributed by atoms with E-state index in [1.54, 1.807) is 55.5 Å². The number of hydrogen-bond acceptors (Lipinski definition) is 3. The number of carbonyl (C=O) groups is 3. The van der Waals surface area contributed by atoms with Gasteiger partial charge in [-0.1, -0.05) is 42.5 Å². The van der Waals surface area contributed by atoms with Gasteiger partial charge in [-0.2, -0.15) is 5.01 Å². The van der Waals surface area contributed by atoms with Crippen LogP contribution >= 0.6 is 15.9 Å². The van der Waals surface area contributed by atoms with Gasteiger partial charge in [0.15, 0.2) is 0 Å². The number of urea groups is 1. The Hall–Kier alpha value is -2.67. The van der Waals surface area contributed by atoms with E-state index in [0.29, 0.717) is 15.6 Å². The highest BCUT2D eigenvalue weighted by molar-refractivity contribution is 9.10. The third-order valence-electron chi connectivity index (χ3n) is 3.87. The highest BCUT2D eigenvalue weighted by Crippen LogP contribution is 2.28. The van der Waals surface area contributed by atoms with Gasteiger partial charge < -0.3 is 5.32 Å². The van der Waals surface area contributed by atoms with Gasteiger partial charge in [0, 0.05) is 4.47 Å². The summed E-state index contributed by atoms with van der Waals surface area (Å²) in [5.41, 5.74) is 2.11. The SMILES string of the molecule is C[C@]1(c2ccccc2)NC(=O)N(NC(=O)c2ccccc2Br)C1=O. The molecule has 1 saturated heterocycles. The largest absolute Gasteiger partial charge is 0.344 e. The number of halogens is 1. The lowest BCUT2D eigenvalue weighted by atomic mass is 9.92. The Kier molecular flexibility index (Phi) is 4.11. The first-order valence-corrected chi connectivity index (χ1v) is 8.00. The molecule has 24 heavy (non-hydrogen) atoms. The van der Waals surface area contributed by atoms with Gasteiger partial charge in [0.2, 0.25) is 0 Å². The smallest absolute Gasteiger partial charge is 0.318 e. The van der Waals surface area contributed by atoms with Gasteiger partial charge in [0.05, 0.1) is 5.56 Å². The minimum absolute atomic E-state index is 0.325. The second-order valence-electron chi connectivity index (χ2n) is 5.48. The lowest BCUT2D eigenvalue weighted by Crippen LogP contribution is -2.48. The van der Waals surface area contributed by atoms with Crippen molar-refractivity contribution >= 4 is 33.8 Å². The number of rotatable bonds is 3. The Bertz CT molecular complexity index is 825. The summed E-state index contributed by atoms with van der Waals surface area (Å²) in [6.45, 7) is 1.60. The zero-order valence-corrected chi connectivity index (χ0v) is 14.3. The Labute approximate surface area is 146 Å². The van der Waals surface area contributed by atoms with Crippen molar-refractivity contribution in [3.8, 4) is 0 Å². The number of nitrogens with zero attached hydrogens (tertiary/aromatic N) is 1. The summed E-state index contributed by atoms with van der Waals surface area (Å²) in [7, 11) is 0. The van der Waals surface area contributed by atoms with Crippen molar-refractivity contribution < 1.29 is 14.4 Å². The van der Waals surface area contributed by atoms with Crippen LogP contribution in [-0.4, -0.2) is 22.9 Å². The maximum Gasteiger partial charge on any atom is 0.344 e. The minimum Gasteiger partial charge on any atom is -0.318 e. The van der Waals surface area contributed by atoms with Crippen molar-refractivity contribution in [2.24, 2.45) is 0 Å². The number of benzene rings is 2. The standard InChI is InChI=1S/C17H14BrN3O3/c1-17(11-7-3-2-4-8-11)15(23)21(16(24)19-17)20-14(22)12-9-5-6-10-13(12)18/h2-10H,1H3,(H,19,24)(H,20,22)/t17-/m1/s1. The fourth-order valence-electron chi connectivity index (χ4n) is 2.51. The summed E-state index contributed by atoms with van der Waals surface area (Å²) < 4.78 is 0.570. The molecule has 1 fully saturated rings. The molecule has 1 aliphatic rings. The second-order valence-corrected chi connectivity index (χ2v) is 6.34. The lowest BCUT2D eigenvalue weighted by Gasteiger charge is -2.22. The van der Waals surface area contributed by atoms with Gasteiger partial charge in [-0.15, -0.1) is 0 Å². The third kappa shape index (κ3) is 2.67. The maximum absolute atomic E-state index is 12.7. The molecule has 1 heterocycles. The van der Waals surface area contributed by atoms with Crippen molar-refractivity contribution in [1.29, 1.82) is 0 Å². The number of nitrogens with one attached hydrogen (secondary N) is 2. The summed E-state index contributed by atoms with van der Waals surface area (Å²) in [6.07, 6.45) is 0. The van der Waals surface area contributed by atoms with Crippen LogP contribution in [0, 0.1) is 0 Å². The Morgan fingerprint density at radius 1 is 1.08 bits per heavy atom. The van der Waals surface area contributed by atoms with Crippen LogP contribution in [0.15, 0.2) is 59.1 Å². The van der Waals surface area contributed by atoms with Crippen LogP contribution in [0.1, 0.15) is 22.8 Å². The average molecular weight is 388 g/mol. The molecular weight excluding hydrogens is 374 g/mol. The molecule has 2 aromatic rings. The van der Waals surface area contributed by atoms with E-state index < -0.39 is 23.4 Å². The molecule has 1 aliphatic heterocycles. The highest BCUT2D eigenvalue weighted by atomic mass is 79.9. The molecule has 0 radical (unpaired) electrons.